The summed E-state index contributed by atoms with van der Waals surface area (Å²) in [6.45, 7) is 1.44. The molecule has 0 N–H and O–H groups in total. The number of carbonyl (C=O) groups is 1. The van der Waals surface area contributed by atoms with Gasteiger partial charge in [0, 0.05) is 18.0 Å². The molecule has 0 saturated carbocycles. The average Bonchev–Trinajstić information content (AvgIpc) is 2.23. The van der Waals surface area contributed by atoms with Gasteiger partial charge in [-0.15, -0.1) is 0 Å². The maximum atomic E-state index is 10.7. The molecule has 88 valence electrons. The minimum Gasteiger partial charge on any atom is -0.288 e. The molecule has 17 heavy (non-hydrogen) atoms. The lowest BCUT2D eigenvalue weighted by molar-refractivity contribution is -0.385. The fourth-order valence-electron chi connectivity index (χ4n) is 1.04. The molecule has 0 amide bonds. The first-order valence-corrected chi connectivity index (χ1v) is 5.93. The second-order valence-electron chi connectivity index (χ2n) is 3.00. The largest absolute Gasteiger partial charge is 0.288 e. The Morgan fingerprint density at radius 3 is 2.88 bits per heavy atom. The van der Waals surface area contributed by atoms with Crippen LogP contribution in [0.3, 0.4) is 0 Å². The van der Waals surface area contributed by atoms with Crippen molar-refractivity contribution in [2.75, 3.05) is 5.75 Å². The van der Waals surface area contributed by atoms with Gasteiger partial charge < -0.3 is 0 Å². The molecular formula is C11H8ClNO3S. The van der Waals surface area contributed by atoms with E-state index in [-0.39, 0.29) is 16.4 Å². The molecule has 0 heterocycles. The first-order chi connectivity index (χ1) is 8.00. The number of rotatable bonds is 2. The van der Waals surface area contributed by atoms with Gasteiger partial charge in [-0.25, -0.2) is 0 Å². The molecule has 0 aliphatic rings. The Hall–Kier alpha value is -1.51. The van der Waals surface area contributed by atoms with Crippen LogP contribution < -0.4 is 0 Å². The summed E-state index contributed by atoms with van der Waals surface area (Å²) >= 11 is 6.79. The third-order valence-electron chi connectivity index (χ3n) is 1.73. The van der Waals surface area contributed by atoms with E-state index >= 15 is 0 Å². The van der Waals surface area contributed by atoms with E-state index in [1.807, 2.05) is 0 Å². The van der Waals surface area contributed by atoms with Gasteiger partial charge in [-0.05, 0) is 12.1 Å². The summed E-state index contributed by atoms with van der Waals surface area (Å²) in [6, 6.07) is 4.19. The Bertz CT molecular complexity index is 519. The van der Waals surface area contributed by atoms with E-state index in [1.54, 1.807) is 0 Å². The zero-order chi connectivity index (χ0) is 12.8. The highest BCUT2D eigenvalue weighted by Crippen LogP contribution is 2.21. The van der Waals surface area contributed by atoms with Gasteiger partial charge in [-0.2, -0.15) is 0 Å². The Morgan fingerprint density at radius 2 is 2.29 bits per heavy atom. The van der Waals surface area contributed by atoms with Crippen LogP contribution in [0, 0.1) is 22.0 Å². The fraction of sp³-hybridized carbons (Fsp3) is 0.182. The number of hydrogen-bond donors (Lipinski definition) is 0. The van der Waals surface area contributed by atoms with Crippen LogP contribution in [0.2, 0.25) is 5.02 Å². The quantitative estimate of drug-likeness (QED) is 0.470. The first-order valence-electron chi connectivity index (χ1n) is 4.57. The van der Waals surface area contributed by atoms with Gasteiger partial charge in [-0.1, -0.05) is 35.2 Å². The molecule has 1 aromatic rings. The van der Waals surface area contributed by atoms with E-state index < -0.39 is 4.92 Å². The third-order valence-corrected chi connectivity index (χ3v) is 2.66. The van der Waals surface area contributed by atoms with Gasteiger partial charge in [0.2, 0.25) is 0 Å². The predicted octanol–water partition coefficient (Wildman–Crippen LogP) is 2.88. The van der Waals surface area contributed by atoms with Gasteiger partial charge in [0.25, 0.3) is 5.69 Å². The summed E-state index contributed by atoms with van der Waals surface area (Å²) in [5.74, 6) is 5.63. The molecule has 0 aromatic heterocycles. The van der Waals surface area contributed by atoms with Crippen molar-refractivity contribution in [3.05, 3.63) is 38.9 Å². The van der Waals surface area contributed by atoms with Gasteiger partial charge >= 0.3 is 0 Å². The minimum atomic E-state index is -0.515. The maximum absolute atomic E-state index is 10.7. The van der Waals surface area contributed by atoms with E-state index in [0.717, 1.165) is 11.8 Å². The van der Waals surface area contributed by atoms with Crippen LogP contribution in [0.25, 0.3) is 0 Å². The zero-order valence-corrected chi connectivity index (χ0v) is 10.5. The molecule has 0 fully saturated rings. The summed E-state index contributed by atoms with van der Waals surface area (Å²) < 4.78 is 0. The standard InChI is InChI=1S/C11H8ClNO3S/c1-8(14)17-6-2-3-9-7-10(12)4-5-11(9)13(15)16/h4-5,7H,6H2,1H3. The number of halogens is 1. The molecule has 0 unspecified atom stereocenters. The number of nitro groups is 1. The van der Waals surface area contributed by atoms with E-state index in [0.29, 0.717) is 10.8 Å². The van der Waals surface area contributed by atoms with E-state index in [2.05, 4.69) is 11.8 Å². The monoisotopic (exact) mass is 269 g/mol. The molecule has 0 aliphatic heterocycles. The number of nitrogens with zero attached hydrogens (tertiary/aromatic N) is 1. The molecule has 1 rings (SSSR count). The predicted molar refractivity (Wildman–Crippen MR) is 68.1 cm³/mol. The minimum absolute atomic E-state index is 0.0418. The Labute approximate surface area is 107 Å². The fourth-order valence-corrected chi connectivity index (χ4v) is 1.56. The number of benzene rings is 1. The van der Waals surface area contributed by atoms with Crippen molar-refractivity contribution >= 4 is 34.2 Å². The normalized spacial score (nSPS) is 9.29. The lowest BCUT2D eigenvalue weighted by Crippen LogP contribution is -1.92. The summed E-state index contributed by atoms with van der Waals surface area (Å²) in [7, 11) is 0. The molecule has 0 radical (unpaired) electrons. The van der Waals surface area contributed by atoms with Crippen molar-refractivity contribution in [2.45, 2.75) is 6.92 Å². The van der Waals surface area contributed by atoms with Gasteiger partial charge in [0.15, 0.2) is 5.12 Å². The van der Waals surface area contributed by atoms with Crippen molar-refractivity contribution < 1.29 is 9.72 Å². The lowest BCUT2D eigenvalue weighted by Gasteiger charge is -1.95. The van der Waals surface area contributed by atoms with Crippen molar-refractivity contribution in [2.24, 2.45) is 0 Å². The maximum Gasteiger partial charge on any atom is 0.285 e. The van der Waals surface area contributed by atoms with Gasteiger partial charge in [0.1, 0.15) is 5.56 Å². The molecule has 4 nitrogen and oxygen atoms in total. The van der Waals surface area contributed by atoms with E-state index in [1.165, 1.54) is 25.1 Å². The summed E-state index contributed by atoms with van der Waals surface area (Å²) in [6.07, 6.45) is 0. The second-order valence-corrected chi connectivity index (χ2v) is 4.59. The topological polar surface area (TPSA) is 60.2 Å². The Balaban J connectivity index is 2.92. The average molecular weight is 270 g/mol. The van der Waals surface area contributed by atoms with E-state index in [4.69, 9.17) is 11.6 Å². The summed E-state index contributed by atoms with van der Waals surface area (Å²) in [4.78, 5) is 20.8. The molecule has 0 bridgehead atoms. The molecule has 6 heteroatoms. The number of nitro benzene ring substituents is 1. The Morgan fingerprint density at radius 1 is 1.59 bits per heavy atom. The summed E-state index contributed by atoms with van der Waals surface area (Å²) in [5.41, 5.74) is 0.168. The molecule has 0 aliphatic carbocycles. The van der Waals surface area contributed by atoms with Gasteiger partial charge in [0.05, 0.1) is 10.7 Å². The van der Waals surface area contributed by atoms with Crippen molar-refractivity contribution in [1.29, 1.82) is 0 Å². The second kappa shape index (κ2) is 6.28. The van der Waals surface area contributed by atoms with Crippen LogP contribution in [-0.2, 0) is 4.79 Å². The van der Waals surface area contributed by atoms with Crippen LogP contribution in [-0.4, -0.2) is 15.8 Å². The van der Waals surface area contributed by atoms with Crippen LogP contribution in [0.5, 0.6) is 0 Å². The highest BCUT2D eigenvalue weighted by atomic mass is 35.5. The van der Waals surface area contributed by atoms with E-state index in [9.17, 15) is 14.9 Å². The first kappa shape index (κ1) is 13.6. The van der Waals surface area contributed by atoms with Crippen molar-refractivity contribution in [1.82, 2.24) is 0 Å². The van der Waals surface area contributed by atoms with Crippen LogP contribution in [0.1, 0.15) is 12.5 Å². The Kier molecular flexibility index (Phi) is 5.01. The van der Waals surface area contributed by atoms with Crippen LogP contribution >= 0.6 is 23.4 Å². The summed E-state index contributed by atoms with van der Waals surface area (Å²) in [5, 5.41) is 11.1. The van der Waals surface area contributed by atoms with Crippen molar-refractivity contribution in [3.8, 4) is 11.8 Å². The number of hydrogen-bond acceptors (Lipinski definition) is 4. The number of carbonyl (C=O) groups excluding carboxylic acids is 1. The SMILES string of the molecule is CC(=O)SCC#Cc1cc(Cl)ccc1[N+](=O)[O-]. The number of thioether (sulfide) groups is 1. The molecular weight excluding hydrogens is 262 g/mol. The highest BCUT2D eigenvalue weighted by molar-refractivity contribution is 8.13. The van der Waals surface area contributed by atoms with Gasteiger partial charge in [-0.3, -0.25) is 14.9 Å². The zero-order valence-electron chi connectivity index (χ0n) is 8.90. The molecule has 1 aromatic carbocycles. The van der Waals surface area contributed by atoms with Crippen molar-refractivity contribution in [3.63, 3.8) is 0 Å². The van der Waals surface area contributed by atoms with Crippen LogP contribution in [0.15, 0.2) is 18.2 Å². The smallest absolute Gasteiger partial charge is 0.285 e. The lowest BCUT2D eigenvalue weighted by atomic mass is 10.2. The molecule has 0 atom stereocenters. The molecule has 0 saturated heterocycles. The third kappa shape index (κ3) is 4.47. The highest BCUT2D eigenvalue weighted by Gasteiger charge is 2.11. The van der Waals surface area contributed by atoms with Crippen LogP contribution in [0.4, 0.5) is 5.69 Å². The molecule has 0 spiro atoms.